The summed E-state index contributed by atoms with van der Waals surface area (Å²) < 4.78 is 54.1. The average Bonchev–Trinajstić information content (AvgIpc) is 3.35. The van der Waals surface area contributed by atoms with Gasteiger partial charge >= 0.3 is 24.4 Å². The summed E-state index contributed by atoms with van der Waals surface area (Å²) >= 11 is 0. The summed E-state index contributed by atoms with van der Waals surface area (Å²) in [7, 11) is 1.24. The van der Waals surface area contributed by atoms with Crippen LogP contribution >= 0.6 is 0 Å². The van der Waals surface area contributed by atoms with E-state index in [2.05, 4.69) is 4.74 Å². The zero-order valence-corrected chi connectivity index (χ0v) is 21.0. The van der Waals surface area contributed by atoms with Crippen LogP contribution in [0.2, 0.25) is 0 Å². The van der Waals surface area contributed by atoms with Crippen LogP contribution in [0.3, 0.4) is 0 Å². The first-order chi connectivity index (χ1) is 17.7. The van der Waals surface area contributed by atoms with Gasteiger partial charge in [-0.3, -0.25) is 9.69 Å². The molecule has 0 fully saturated rings. The van der Waals surface area contributed by atoms with Gasteiger partial charge in [-0.1, -0.05) is 0 Å². The molecule has 0 bridgehead atoms. The van der Waals surface area contributed by atoms with E-state index in [1.807, 2.05) is 0 Å². The smallest absolute Gasteiger partial charge is 0.477 e. The molecule has 2 aromatic carbocycles. The maximum atomic E-state index is 12.9. The predicted octanol–water partition coefficient (Wildman–Crippen LogP) is 5.63. The van der Waals surface area contributed by atoms with Crippen LogP contribution in [0.15, 0.2) is 42.5 Å². The summed E-state index contributed by atoms with van der Waals surface area (Å²) in [4.78, 5) is 38.5. The topological polar surface area (TPSA) is 107 Å². The van der Waals surface area contributed by atoms with E-state index >= 15 is 0 Å². The highest BCUT2D eigenvalue weighted by Crippen LogP contribution is 2.41. The van der Waals surface area contributed by atoms with Crippen molar-refractivity contribution in [2.45, 2.75) is 45.1 Å². The number of carbonyl (C=O) groups excluding carboxylic acids is 2. The van der Waals surface area contributed by atoms with Crippen molar-refractivity contribution >= 4 is 34.6 Å². The Morgan fingerprint density at radius 3 is 2.37 bits per heavy atom. The van der Waals surface area contributed by atoms with Gasteiger partial charge < -0.3 is 23.9 Å². The van der Waals surface area contributed by atoms with Crippen molar-refractivity contribution in [2.24, 2.45) is 0 Å². The molecule has 4 rings (SSSR count). The number of fused-ring (bicyclic) bond motifs is 2. The second-order valence-electron chi connectivity index (χ2n) is 9.75. The number of carboxylic acid groups (broad SMARTS) is 1. The van der Waals surface area contributed by atoms with E-state index in [-0.39, 0.29) is 24.2 Å². The number of nitrogens with zero attached hydrogens (tertiary/aromatic N) is 2. The largest absolute Gasteiger partial charge is 0.573 e. The molecule has 12 heteroatoms. The molecule has 1 N–H and O–H groups in total. The van der Waals surface area contributed by atoms with E-state index < -0.39 is 41.7 Å². The number of carboxylic acids is 1. The summed E-state index contributed by atoms with van der Waals surface area (Å²) in [6.07, 6.45) is -5.61. The molecule has 0 spiro atoms. The van der Waals surface area contributed by atoms with Gasteiger partial charge in [0.1, 0.15) is 17.0 Å². The number of hydrogen-bond acceptors (Lipinski definition) is 6. The number of methoxy groups -OCH3 is 1. The third-order valence-electron chi connectivity index (χ3n) is 5.89. The van der Waals surface area contributed by atoms with Gasteiger partial charge in [0.2, 0.25) is 0 Å². The summed E-state index contributed by atoms with van der Waals surface area (Å²) in [5.74, 6) is -2.82. The van der Waals surface area contributed by atoms with Crippen molar-refractivity contribution in [3.63, 3.8) is 0 Å². The molecule has 3 aromatic rings. The fourth-order valence-electron chi connectivity index (χ4n) is 4.43. The van der Waals surface area contributed by atoms with Crippen molar-refractivity contribution in [2.75, 3.05) is 18.6 Å². The monoisotopic (exact) mass is 534 g/mol. The molecule has 202 valence electrons. The molecule has 1 aliphatic rings. The highest BCUT2D eigenvalue weighted by atomic mass is 19.4. The molecule has 0 aliphatic carbocycles. The Morgan fingerprint density at radius 2 is 1.76 bits per heavy atom. The van der Waals surface area contributed by atoms with E-state index in [1.165, 1.54) is 28.7 Å². The minimum atomic E-state index is -4.93. The second-order valence-corrected chi connectivity index (χ2v) is 9.75. The molecule has 1 aromatic heterocycles. The van der Waals surface area contributed by atoms with E-state index in [9.17, 15) is 32.7 Å². The summed E-state index contributed by atoms with van der Waals surface area (Å²) in [6, 6.07) is 9.59. The summed E-state index contributed by atoms with van der Waals surface area (Å²) in [6.45, 7) is 5.28. The normalized spacial score (nSPS) is 15.3. The van der Waals surface area contributed by atoms with E-state index in [1.54, 1.807) is 39.0 Å². The number of carbonyl (C=O) groups is 3. The van der Waals surface area contributed by atoms with Crippen LogP contribution in [0.4, 0.5) is 23.7 Å². The molecular formula is C26H25F3N2O7. The average molecular weight is 534 g/mol. The Labute approximate surface area is 215 Å². The standard InChI is InChI=1S/C26H25F3N2O7/c1-25(2,3)38-24(35)30-13-15(10-22(32)36-4)18-11-16(6-8-19(18)30)31-20-12-17(37-26(27,28)29)7-5-14(20)9-21(31)23(33)34/h5-9,11-12,15H,10,13H2,1-4H3,(H,33,34). The third-order valence-corrected chi connectivity index (χ3v) is 5.89. The zero-order chi connectivity index (χ0) is 28.0. The number of hydrogen-bond donors (Lipinski definition) is 1. The van der Waals surface area contributed by atoms with Gasteiger partial charge in [0, 0.05) is 29.6 Å². The summed E-state index contributed by atoms with van der Waals surface area (Å²) in [5.41, 5.74) is 0.521. The molecule has 38 heavy (non-hydrogen) atoms. The fourth-order valence-corrected chi connectivity index (χ4v) is 4.43. The Bertz CT molecular complexity index is 1420. The first-order valence-corrected chi connectivity index (χ1v) is 11.5. The Balaban J connectivity index is 1.85. The third kappa shape index (κ3) is 5.53. The molecule has 9 nitrogen and oxygen atoms in total. The van der Waals surface area contributed by atoms with Gasteiger partial charge in [0.25, 0.3) is 0 Å². The highest BCUT2D eigenvalue weighted by Gasteiger charge is 2.37. The number of benzene rings is 2. The van der Waals surface area contributed by atoms with Crippen molar-refractivity contribution in [3.8, 4) is 11.4 Å². The van der Waals surface area contributed by atoms with E-state index in [0.717, 1.165) is 12.1 Å². The van der Waals surface area contributed by atoms with Crippen LogP contribution in [-0.2, 0) is 14.3 Å². The SMILES string of the molecule is COC(=O)CC1CN(C(=O)OC(C)(C)C)c2ccc(-n3c(C(=O)O)cc4ccc(OC(F)(F)F)cc43)cc21. The molecule has 2 heterocycles. The minimum absolute atomic E-state index is 0.0615. The Hall–Kier alpha value is -4.22. The number of alkyl halides is 3. The molecule has 1 aliphatic heterocycles. The van der Waals surface area contributed by atoms with Crippen LogP contribution in [0.1, 0.15) is 49.2 Å². The number of rotatable bonds is 5. The van der Waals surface area contributed by atoms with Crippen molar-refractivity contribution < 1.29 is 46.9 Å². The first kappa shape index (κ1) is 26.8. The van der Waals surface area contributed by atoms with E-state index in [4.69, 9.17) is 9.47 Å². The molecular weight excluding hydrogens is 509 g/mol. The molecule has 0 saturated carbocycles. The molecule has 1 unspecified atom stereocenters. The lowest BCUT2D eigenvalue weighted by Gasteiger charge is -2.25. The second kappa shape index (κ2) is 9.58. The number of anilines is 1. The van der Waals surface area contributed by atoms with Gasteiger partial charge in [0.05, 0.1) is 24.7 Å². The Morgan fingerprint density at radius 1 is 1.05 bits per heavy atom. The van der Waals surface area contributed by atoms with Gasteiger partial charge in [-0.05, 0) is 62.7 Å². The lowest BCUT2D eigenvalue weighted by Crippen LogP contribution is -2.36. The quantitative estimate of drug-likeness (QED) is 0.423. The molecule has 1 atom stereocenters. The first-order valence-electron chi connectivity index (χ1n) is 11.5. The van der Waals surface area contributed by atoms with Crippen LogP contribution in [0.25, 0.3) is 16.6 Å². The van der Waals surface area contributed by atoms with Crippen LogP contribution in [0, 0.1) is 0 Å². The fraction of sp³-hybridized carbons (Fsp3) is 0.346. The summed E-state index contributed by atoms with van der Waals surface area (Å²) in [5, 5.41) is 10.2. The van der Waals surface area contributed by atoms with Crippen LogP contribution in [0.5, 0.6) is 5.75 Å². The van der Waals surface area contributed by atoms with Crippen molar-refractivity contribution in [3.05, 3.63) is 53.7 Å². The number of amides is 1. The molecule has 1 amide bonds. The molecule has 0 radical (unpaired) electrons. The van der Waals surface area contributed by atoms with Crippen molar-refractivity contribution in [1.82, 2.24) is 4.57 Å². The van der Waals surface area contributed by atoms with Crippen molar-refractivity contribution in [1.29, 1.82) is 0 Å². The number of esters is 1. The number of aromatic nitrogens is 1. The maximum Gasteiger partial charge on any atom is 0.573 e. The zero-order valence-electron chi connectivity index (χ0n) is 21.0. The van der Waals surface area contributed by atoms with Gasteiger partial charge in [-0.15, -0.1) is 13.2 Å². The number of halogens is 3. The van der Waals surface area contributed by atoms with Gasteiger partial charge in [-0.2, -0.15) is 0 Å². The maximum absolute atomic E-state index is 12.9. The van der Waals surface area contributed by atoms with Gasteiger partial charge in [0.15, 0.2) is 0 Å². The number of aromatic carboxylic acids is 1. The number of ether oxygens (including phenoxy) is 3. The van der Waals surface area contributed by atoms with E-state index in [0.29, 0.717) is 22.3 Å². The predicted molar refractivity (Wildman–Crippen MR) is 130 cm³/mol. The highest BCUT2D eigenvalue weighted by molar-refractivity contribution is 5.97. The lowest BCUT2D eigenvalue weighted by molar-refractivity contribution is -0.274. The lowest BCUT2D eigenvalue weighted by atomic mass is 9.97. The van der Waals surface area contributed by atoms with Crippen LogP contribution < -0.4 is 9.64 Å². The van der Waals surface area contributed by atoms with Crippen LogP contribution in [-0.4, -0.2) is 53.3 Å². The minimum Gasteiger partial charge on any atom is -0.477 e. The molecule has 0 saturated heterocycles. The Kier molecular flexibility index (Phi) is 6.77. The van der Waals surface area contributed by atoms with Gasteiger partial charge in [-0.25, -0.2) is 9.59 Å².